The molecule has 1 aromatic heterocycles. The summed E-state index contributed by atoms with van der Waals surface area (Å²) in [6, 6.07) is 13.2. The second-order valence-electron chi connectivity index (χ2n) is 10.2. The molecular weight excluding hydrogens is 492 g/mol. The van der Waals surface area contributed by atoms with E-state index in [-0.39, 0.29) is 56.1 Å². The van der Waals surface area contributed by atoms with Gasteiger partial charge in [-0.25, -0.2) is 4.79 Å². The molecule has 4 heterocycles. The van der Waals surface area contributed by atoms with Crippen LogP contribution in [-0.2, 0) is 20.9 Å². The molecule has 0 unspecified atom stereocenters. The van der Waals surface area contributed by atoms with Crippen molar-refractivity contribution < 1.29 is 33.7 Å². The van der Waals surface area contributed by atoms with Crippen molar-refractivity contribution in [3.05, 3.63) is 60.1 Å². The van der Waals surface area contributed by atoms with Gasteiger partial charge in [-0.3, -0.25) is 5.01 Å². The summed E-state index contributed by atoms with van der Waals surface area (Å²) >= 11 is 0. The van der Waals surface area contributed by atoms with E-state index in [1.54, 1.807) is 23.4 Å². The van der Waals surface area contributed by atoms with Crippen molar-refractivity contribution in [3.8, 4) is 0 Å². The Labute approximate surface area is 221 Å². The van der Waals surface area contributed by atoms with E-state index >= 15 is 0 Å². The standard InChI is InChI=1S/C27H34N4O7/c1-2-21(17-7-4-3-5-8-17)29-16-31-23-20(10-11-30(31)27(29)34)22(25-26(38-25)24(23)33)28-37-14-18(32)13-35-15-19-9-6-12-36-19/h3-9,12,18,20-21,23-26,32-33H,2,10-11,13-16H2,1H3/b28-22-/t18-,20+,21-,23+,24-,25+,26-/m0/s1. The van der Waals surface area contributed by atoms with Gasteiger partial charge in [-0.1, -0.05) is 42.4 Å². The summed E-state index contributed by atoms with van der Waals surface area (Å²) in [5.41, 5.74) is 1.83. The quantitative estimate of drug-likeness (QED) is 0.357. The third-order valence-electron chi connectivity index (χ3n) is 7.88. The molecule has 3 aliphatic heterocycles. The van der Waals surface area contributed by atoms with Crippen LogP contribution in [0.2, 0.25) is 0 Å². The lowest BCUT2D eigenvalue weighted by atomic mass is 9.77. The Balaban J connectivity index is 1.11. The molecule has 0 bridgehead atoms. The van der Waals surface area contributed by atoms with Crippen LogP contribution >= 0.6 is 0 Å². The predicted octanol–water partition coefficient (Wildman–Crippen LogP) is 2.12. The second kappa shape index (κ2) is 10.7. The summed E-state index contributed by atoms with van der Waals surface area (Å²) < 4.78 is 16.5. The summed E-state index contributed by atoms with van der Waals surface area (Å²) in [5, 5.41) is 29.5. The number of aliphatic hydroxyl groups excluding tert-OH is 2. The van der Waals surface area contributed by atoms with E-state index in [0.717, 1.165) is 17.7 Å². The van der Waals surface area contributed by atoms with Crippen molar-refractivity contribution in [2.45, 2.75) is 62.9 Å². The average Bonchev–Trinajstić information content (AvgIpc) is 3.44. The molecule has 11 nitrogen and oxygen atoms in total. The molecule has 204 valence electrons. The van der Waals surface area contributed by atoms with Crippen molar-refractivity contribution >= 4 is 11.7 Å². The number of nitrogens with zero attached hydrogens (tertiary/aromatic N) is 4. The van der Waals surface area contributed by atoms with Gasteiger partial charge in [-0.2, -0.15) is 5.01 Å². The molecule has 2 N–H and O–H groups in total. The Morgan fingerprint density at radius 2 is 2.03 bits per heavy atom. The number of aliphatic hydroxyl groups is 2. The van der Waals surface area contributed by atoms with E-state index < -0.39 is 12.2 Å². The van der Waals surface area contributed by atoms with Crippen LogP contribution in [0.5, 0.6) is 0 Å². The fourth-order valence-electron chi connectivity index (χ4n) is 6.03. The Bertz CT molecular complexity index is 1130. The van der Waals surface area contributed by atoms with E-state index in [4.69, 9.17) is 18.7 Å². The molecule has 0 spiro atoms. The van der Waals surface area contributed by atoms with Crippen LogP contribution in [0.4, 0.5) is 4.79 Å². The number of carbonyl (C=O) groups excluding carboxylic acids is 1. The third kappa shape index (κ3) is 4.69. The van der Waals surface area contributed by atoms with Gasteiger partial charge in [0.05, 0.1) is 37.3 Å². The fraction of sp³-hybridized carbons (Fsp3) is 0.556. The van der Waals surface area contributed by atoms with Crippen LogP contribution in [0.1, 0.15) is 37.1 Å². The monoisotopic (exact) mass is 526 g/mol. The number of fused-ring (bicyclic) bond motifs is 4. The van der Waals surface area contributed by atoms with Gasteiger partial charge in [0.15, 0.2) is 0 Å². The van der Waals surface area contributed by atoms with Crippen molar-refractivity contribution in [3.63, 3.8) is 0 Å². The first-order valence-corrected chi connectivity index (χ1v) is 13.3. The van der Waals surface area contributed by atoms with Gasteiger partial charge in [-0.15, -0.1) is 0 Å². The van der Waals surface area contributed by atoms with Crippen molar-refractivity contribution in [1.29, 1.82) is 0 Å². The topological polar surface area (TPSA) is 124 Å². The van der Waals surface area contributed by atoms with Crippen LogP contribution in [-0.4, -0.2) is 93.8 Å². The van der Waals surface area contributed by atoms with E-state index in [1.165, 1.54) is 0 Å². The SMILES string of the molecule is CC[C@@H](c1ccccc1)N1CN2[C@H]3[C@H](O)[C@@H]4O[C@@H]4/C(=N\OC[C@@H](O)COCc4ccco4)[C@H]3CCN2C1=O. The zero-order valence-electron chi connectivity index (χ0n) is 21.3. The molecule has 1 aliphatic carbocycles. The van der Waals surface area contributed by atoms with E-state index in [0.29, 0.717) is 25.4 Å². The summed E-state index contributed by atoms with van der Waals surface area (Å²) in [4.78, 5) is 20.9. The molecule has 1 saturated carbocycles. The van der Waals surface area contributed by atoms with Crippen LogP contribution in [0.3, 0.4) is 0 Å². The second-order valence-corrected chi connectivity index (χ2v) is 10.2. The minimum absolute atomic E-state index is 0.0314. The predicted molar refractivity (Wildman–Crippen MR) is 134 cm³/mol. The highest BCUT2D eigenvalue weighted by molar-refractivity contribution is 5.95. The number of benzene rings is 1. The van der Waals surface area contributed by atoms with Gasteiger partial charge in [-0.05, 0) is 30.5 Å². The summed E-state index contributed by atoms with van der Waals surface area (Å²) in [7, 11) is 0. The summed E-state index contributed by atoms with van der Waals surface area (Å²) in [6.07, 6.45) is 0.733. The first-order chi connectivity index (χ1) is 18.6. The molecule has 11 heteroatoms. The summed E-state index contributed by atoms with van der Waals surface area (Å²) in [6.45, 7) is 3.31. The molecule has 6 rings (SSSR count). The van der Waals surface area contributed by atoms with E-state index in [9.17, 15) is 15.0 Å². The van der Waals surface area contributed by atoms with E-state index in [1.807, 2.05) is 40.2 Å². The summed E-state index contributed by atoms with van der Waals surface area (Å²) in [5.74, 6) is 0.559. The highest BCUT2D eigenvalue weighted by atomic mass is 16.6. The van der Waals surface area contributed by atoms with Crippen molar-refractivity contribution in [2.75, 3.05) is 26.4 Å². The molecule has 7 atom stereocenters. The number of carbonyl (C=O) groups is 1. The number of oxime groups is 1. The number of rotatable bonds is 10. The normalized spacial score (nSPS) is 31.1. The fourth-order valence-corrected chi connectivity index (χ4v) is 6.03. The number of hydrazine groups is 1. The first-order valence-electron chi connectivity index (χ1n) is 13.3. The molecular formula is C27H34N4O7. The van der Waals surface area contributed by atoms with Gasteiger partial charge >= 0.3 is 6.03 Å². The van der Waals surface area contributed by atoms with Gasteiger partial charge in [0.1, 0.15) is 43.4 Å². The number of amides is 2. The van der Waals surface area contributed by atoms with Crippen LogP contribution in [0.25, 0.3) is 0 Å². The minimum atomic E-state index is -0.856. The van der Waals surface area contributed by atoms with Gasteiger partial charge < -0.3 is 33.8 Å². The molecule has 4 aliphatic rings. The van der Waals surface area contributed by atoms with Crippen LogP contribution < -0.4 is 0 Å². The average molecular weight is 527 g/mol. The zero-order chi connectivity index (χ0) is 26.2. The molecule has 0 radical (unpaired) electrons. The highest BCUT2D eigenvalue weighted by Gasteiger charge is 2.64. The number of hydrogen-bond donors (Lipinski definition) is 2. The molecule has 2 aromatic rings. The van der Waals surface area contributed by atoms with Gasteiger partial charge in [0.2, 0.25) is 0 Å². The van der Waals surface area contributed by atoms with Crippen LogP contribution in [0, 0.1) is 5.92 Å². The lowest BCUT2D eigenvalue weighted by Gasteiger charge is -2.46. The Morgan fingerprint density at radius 1 is 1.18 bits per heavy atom. The highest BCUT2D eigenvalue weighted by Crippen LogP contribution is 2.46. The maximum absolute atomic E-state index is 13.5. The Morgan fingerprint density at radius 3 is 2.79 bits per heavy atom. The van der Waals surface area contributed by atoms with Crippen LogP contribution in [0.15, 0.2) is 58.3 Å². The number of ether oxygens (including phenoxy) is 2. The molecule has 2 amide bonds. The minimum Gasteiger partial charge on any atom is -0.467 e. The largest absolute Gasteiger partial charge is 0.467 e. The lowest BCUT2D eigenvalue weighted by Crippen LogP contribution is -2.63. The molecule has 38 heavy (non-hydrogen) atoms. The number of hydrogen-bond acceptors (Lipinski definition) is 9. The third-order valence-corrected chi connectivity index (χ3v) is 7.88. The number of urea groups is 1. The van der Waals surface area contributed by atoms with Crippen molar-refractivity contribution in [2.24, 2.45) is 11.1 Å². The maximum Gasteiger partial charge on any atom is 0.336 e. The van der Waals surface area contributed by atoms with Crippen molar-refractivity contribution in [1.82, 2.24) is 14.9 Å². The zero-order valence-corrected chi connectivity index (χ0v) is 21.3. The Kier molecular flexibility index (Phi) is 7.10. The maximum atomic E-state index is 13.5. The lowest BCUT2D eigenvalue weighted by molar-refractivity contribution is -0.0980. The first kappa shape index (κ1) is 25.3. The smallest absolute Gasteiger partial charge is 0.336 e. The Hall–Kier alpha value is -2.96. The van der Waals surface area contributed by atoms with E-state index in [2.05, 4.69) is 12.1 Å². The number of epoxide rings is 1. The van der Waals surface area contributed by atoms with Gasteiger partial charge in [0, 0.05) is 12.5 Å². The molecule has 4 fully saturated rings. The molecule has 1 aromatic carbocycles. The number of furan rings is 1. The van der Waals surface area contributed by atoms with Gasteiger partial charge in [0.25, 0.3) is 0 Å². The molecule has 3 saturated heterocycles.